The number of allylic oxidation sites excluding steroid dienone is 1. The highest BCUT2D eigenvalue weighted by molar-refractivity contribution is 5.72. The fourth-order valence-electron chi connectivity index (χ4n) is 1.87. The Morgan fingerprint density at radius 3 is 2.29 bits per heavy atom. The monoisotopic (exact) mass is 298 g/mol. The minimum atomic E-state index is -0.268. The zero-order valence-corrected chi connectivity index (χ0v) is 13.7. The predicted molar refractivity (Wildman–Crippen MR) is 83.9 cm³/mol. The molecule has 0 aliphatic heterocycles. The maximum absolute atomic E-state index is 11.6. The first kappa shape index (κ1) is 19.7. The molecule has 4 nitrogen and oxygen atoms in total. The molecular weight excluding hydrogens is 268 g/mol. The first-order valence-corrected chi connectivity index (χ1v) is 8.06. The lowest BCUT2D eigenvalue weighted by atomic mass is 10.0. The Morgan fingerprint density at radius 2 is 1.71 bits per heavy atom. The smallest absolute Gasteiger partial charge is 0.306 e. The van der Waals surface area contributed by atoms with E-state index < -0.39 is 0 Å². The second-order valence-electron chi connectivity index (χ2n) is 5.21. The molecule has 0 saturated carbocycles. The van der Waals surface area contributed by atoms with Gasteiger partial charge in [0.2, 0.25) is 0 Å². The maximum Gasteiger partial charge on any atom is 0.306 e. The summed E-state index contributed by atoms with van der Waals surface area (Å²) in [4.78, 5) is 22.9. The van der Waals surface area contributed by atoms with Gasteiger partial charge in [-0.25, -0.2) is 0 Å². The maximum atomic E-state index is 11.6. The van der Waals surface area contributed by atoms with Crippen LogP contribution in [0.25, 0.3) is 0 Å². The third-order valence-corrected chi connectivity index (χ3v) is 3.36. The quantitative estimate of drug-likeness (QED) is 0.403. The zero-order valence-electron chi connectivity index (χ0n) is 13.7. The Balaban J connectivity index is 3.67. The highest BCUT2D eigenvalue weighted by atomic mass is 16.5. The van der Waals surface area contributed by atoms with Crippen LogP contribution in [-0.4, -0.2) is 25.2 Å². The molecule has 0 saturated heterocycles. The number of hydrogen-bond donors (Lipinski definition) is 0. The SMILES string of the molecule is C/C=C/COC(=O)CCCC(=O)OCC(CC)CCCC. The number of hydrogen-bond acceptors (Lipinski definition) is 4. The van der Waals surface area contributed by atoms with Gasteiger partial charge in [-0.05, 0) is 25.7 Å². The van der Waals surface area contributed by atoms with Crippen LogP contribution in [0.1, 0.15) is 65.7 Å². The molecule has 0 fully saturated rings. The van der Waals surface area contributed by atoms with Crippen molar-refractivity contribution in [2.45, 2.75) is 65.7 Å². The molecule has 0 radical (unpaired) electrons. The lowest BCUT2D eigenvalue weighted by molar-refractivity contribution is -0.146. The molecule has 4 heteroatoms. The highest BCUT2D eigenvalue weighted by Gasteiger charge is 2.11. The average Bonchev–Trinajstić information content (AvgIpc) is 2.47. The molecular formula is C17H30O4. The van der Waals surface area contributed by atoms with E-state index in [9.17, 15) is 9.59 Å². The van der Waals surface area contributed by atoms with Crippen LogP contribution in [0.5, 0.6) is 0 Å². The van der Waals surface area contributed by atoms with E-state index in [1.165, 1.54) is 12.8 Å². The van der Waals surface area contributed by atoms with Gasteiger partial charge in [0.05, 0.1) is 6.61 Å². The van der Waals surface area contributed by atoms with Crippen molar-refractivity contribution in [3.8, 4) is 0 Å². The first-order chi connectivity index (χ1) is 10.1. The van der Waals surface area contributed by atoms with Crippen LogP contribution in [0, 0.1) is 5.92 Å². The standard InChI is InChI=1S/C17H30O4/c1-4-7-10-15(6-3)14-21-17(19)12-9-11-16(18)20-13-8-5-2/h5,8,15H,4,6-7,9-14H2,1-3H3/b8-5+. The van der Waals surface area contributed by atoms with E-state index in [4.69, 9.17) is 9.47 Å². The fourth-order valence-corrected chi connectivity index (χ4v) is 1.87. The third-order valence-electron chi connectivity index (χ3n) is 3.36. The second-order valence-corrected chi connectivity index (χ2v) is 5.21. The van der Waals surface area contributed by atoms with Crippen molar-refractivity contribution in [2.24, 2.45) is 5.92 Å². The summed E-state index contributed by atoms with van der Waals surface area (Å²) in [5.74, 6) is -0.0267. The van der Waals surface area contributed by atoms with Crippen LogP contribution in [0.4, 0.5) is 0 Å². The Hall–Kier alpha value is -1.32. The minimum Gasteiger partial charge on any atom is -0.465 e. The molecule has 0 heterocycles. The van der Waals surface area contributed by atoms with Gasteiger partial charge in [-0.2, -0.15) is 0 Å². The van der Waals surface area contributed by atoms with E-state index in [1.807, 2.05) is 13.0 Å². The molecule has 0 N–H and O–H groups in total. The van der Waals surface area contributed by atoms with E-state index in [0.717, 1.165) is 12.8 Å². The lowest BCUT2D eigenvalue weighted by Gasteiger charge is -2.14. The molecule has 21 heavy (non-hydrogen) atoms. The number of rotatable bonds is 12. The van der Waals surface area contributed by atoms with Crippen LogP contribution in [0.15, 0.2) is 12.2 Å². The van der Waals surface area contributed by atoms with E-state index in [1.54, 1.807) is 6.08 Å². The summed E-state index contributed by atoms with van der Waals surface area (Å²) in [6.07, 6.45) is 9.11. The Bertz CT molecular complexity index is 310. The number of ether oxygens (including phenoxy) is 2. The van der Waals surface area contributed by atoms with E-state index in [0.29, 0.717) is 25.6 Å². The van der Waals surface area contributed by atoms with Gasteiger partial charge in [-0.3, -0.25) is 9.59 Å². The average molecular weight is 298 g/mol. The van der Waals surface area contributed by atoms with Crippen molar-refractivity contribution in [1.82, 2.24) is 0 Å². The third kappa shape index (κ3) is 12.2. The Kier molecular flexibility index (Phi) is 12.8. The van der Waals surface area contributed by atoms with Gasteiger partial charge in [0.25, 0.3) is 0 Å². The minimum absolute atomic E-state index is 0.216. The van der Waals surface area contributed by atoms with Gasteiger partial charge in [0.15, 0.2) is 0 Å². The predicted octanol–water partition coefficient (Wildman–Crippen LogP) is 4.04. The second kappa shape index (κ2) is 13.7. The fraction of sp³-hybridized carbons (Fsp3) is 0.765. The first-order valence-electron chi connectivity index (χ1n) is 8.06. The normalized spacial score (nSPS) is 12.3. The number of esters is 2. The van der Waals surface area contributed by atoms with Crippen LogP contribution in [-0.2, 0) is 19.1 Å². The van der Waals surface area contributed by atoms with E-state index >= 15 is 0 Å². The molecule has 0 aromatic carbocycles. The van der Waals surface area contributed by atoms with Gasteiger partial charge in [-0.15, -0.1) is 0 Å². The molecule has 0 aliphatic carbocycles. The molecule has 0 aliphatic rings. The van der Waals surface area contributed by atoms with Gasteiger partial charge in [0.1, 0.15) is 6.61 Å². The number of carbonyl (C=O) groups excluding carboxylic acids is 2. The van der Waals surface area contributed by atoms with Crippen molar-refractivity contribution < 1.29 is 19.1 Å². The van der Waals surface area contributed by atoms with Crippen molar-refractivity contribution in [3.63, 3.8) is 0 Å². The summed E-state index contributed by atoms with van der Waals surface area (Å²) in [7, 11) is 0. The Labute approximate surface area is 128 Å². The van der Waals surface area contributed by atoms with Crippen LogP contribution >= 0.6 is 0 Å². The molecule has 1 unspecified atom stereocenters. The highest BCUT2D eigenvalue weighted by Crippen LogP contribution is 2.13. The van der Waals surface area contributed by atoms with E-state index in [-0.39, 0.29) is 24.8 Å². The van der Waals surface area contributed by atoms with Crippen molar-refractivity contribution in [3.05, 3.63) is 12.2 Å². The van der Waals surface area contributed by atoms with Crippen molar-refractivity contribution >= 4 is 11.9 Å². The summed E-state index contributed by atoms with van der Waals surface area (Å²) in [6, 6.07) is 0. The number of unbranched alkanes of at least 4 members (excludes halogenated alkanes) is 1. The molecule has 1 atom stereocenters. The van der Waals surface area contributed by atoms with Gasteiger partial charge in [-0.1, -0.05) is 45.3 Å². The summed E-state index contributed by atoms with van der Waals surface area (Å²) in [5.41, 5.74) is 0. The molecule has 0 amide bonds. The molecule has 0 bridgehead atoms. The molecule has 0 aromatic heterocycles. The summed E-state index contributed by atoms with van der Waals surface area (Å²) < 4.78 is 10.2. The summed E-state index contributed by atoms with van der Waals surface area (Å²) in [6.45, 7) is 6.95. The molecule has 0 aromatic rings. The van der Waals surface area contributed by atoms with Gasteiger partial charge < -0.3 is 9.47 Å². The Morgan fingerprint density at radius 1 is 1.05 bits per heavy atom. The lowest BCUT2D eigenvalue weighted by Crippen LogP contribution is -2.14. The molecule has 0 rings (SSSR count). The number of carbonyl (C=O) groups is 2. The topological polar surface area (TPSA) is 52.6 Å². The van der Waals surface area contributed by atoms with Gasteiger partial charge in [0, 0.05) is 12.8 Å². The molecule has 0 spiro atoms. The molecule has 122 valence electrons. The summed E-state index contributed by atoms with van der Waals surface area (Å²) >= 11 is 0. The summed E-state index contributed by atoms with van der Waals surface area (Å²) in [5, 5.41) is 0. The van der Waals surface area contributed by atoms with Crippen LogP contribution < -0.4 is 0 Å². The largest absolute Gasteiger partial charge is 0.465 e. The zero-order chi connectivity index (χ0) is 15.9. The van der Waals surface area contributed by atoms with Crippen LogP contribution in [0.3, 0.4) is 0 Å². The van der Waals surface area contributed by atoms with Crippen LogP contribution in [0.2, 0.25) is 0 Å². The van der Waals surface area contributed by atoms with Crippen molar-refractivity contribution in [1.29, 1.82) is 0 Å². The van der Waals surface area contributed by atoms with E-state index in [2.05, 4.69) is 13.8 Å². The van der Waals surface area contributed by atoms with Gasteiger partial charge >= 0.3 is 11.9 Å². The van der Waals surface area contributed by atoms with Crippen molar-refractivity contribution in [2.75, 3.05) is 13.2 Å².